The fraction of sp³-hybridized carbons (Fsp3) is 0.238. The fourth-order valence-corrected chi connectivity index (χ4v) is 2.98. The summed E-state index contributed by atoms with van der Waals surface area (Å²) in [6, 6.07) is 14.3. The van der Waals surface area contributed by atoms with Crippen LogP contribution in [-0.4, -0.2) is 47.2 Å². The maximum atomic E-state index is 12.8. The molecule has 26 heavy (non-hydrogen) atoms. The number of ketones is 4. The van der Waals surface area contributed by atoms with E-state index in [-0.39, 0.29) is 0 Å². The summed E-state index contributed by atoms with van der Waals surface area (Å²) in [5.41, 5.74) is 0.711. The maximum absolute atomic E-state index is 12.8. The van der Waals surface area contributed by atoms with Crippen LogP contribution in [0.5, 0.6) is 0 Å². The molecule has 0 aliphatic heterocycles. The molecule has 0 radical (unpaired) electrons. The van der Waals surface area contributed by atoms with Crippen LogP contribution in [0.2, 0.25) is 0 Å². The number of hydrogen-bond acceptors (Lipinski definition) is 5. The van der Waals surface area contributed by atoms with E-state index in [1.807, 2.05) is 0 Å². The summed E-state index contributed by atoms with van der Waals surface area (Å²) in [6.07, 6.45) is 0. The highest BCUT2D eigenvalue weighted by Crippen LogP contribution is 2.16. The molecule has 0 saturated heterocycles. The van der Waals surface area contributed by atoms with E-state index in [0.717, 1.165) is 0 Å². The van der Waals surface area contributed by atoms with Crippen molar-refractivity contribution in [2.45, 2.75) is 25.9 Å². The van der Waals surface area contributed by atoms with Crippen molar-refractivity contribution in [3.8, 4) is 0 Å². The van der Waals surface area contributed by atoms with Gasteiger partial charge >= 0.3 is 0 Å². The maximum Gasteiger partial charge on any atom is 0.187 e. The Hall–Kier alpha value is -2.92. The normalized spacial score (nSPS) is 13.1. The quantitative estimate of drug-likeness (QED) is 0.540. The fourth-order valence-electron chi connectivity index (χ4n) is 2.98. The zero-order chi connectivity index (χ0) is 19.3. The zero-order valence-electron chi connectivity index (χ0n) is 15.0. The Morgan fingerprint density at radius 1 is 0.654 bits per heavy atom. The van der Waals surface area contributed by atoms with Crippen LogP contribution in [0, 0.1) is 0 Å². The van der Waals surface area contributed by atoms with Gasteiger partial charge in [0.1, 0.15) is 12.1 Å². The van der Waals surface area contributed by atoms with Gasteiger partial charge in [-0.05, 0) is 20.9 Å². The van der Waals surface area contributed by atoms with Crippen LogP contribution < -0.4 is 0 Å². The summed E-state index contributed by atoms with van der Waals surface area (Å²) in [6.45, 7) is 2.57. The minimum absolute atomic E-state index is 0.356. The first-order valence-electron chi connectivity index (χ1n) is 8.26. The van der Waals surface area contributed by atoms with Gasteiger partial charge in [-0.2, -0.15) is 0 Å². The predicted octanol–water partition coefficient (Wildman–Crippen LogP) is 2.60. The third kappa shape index (κ3) is 4.18. The number of carbonyl (C=O) groups is 4. The van der Waals surface area contributed by atoms with Crippen molar-refractivity contribution in [2.24, 2.45) is 0 Å². The number of nitrogens with zero attached hydrogens (tertiary/aromatic N) is 1. The van der Waals surface area contributed by atoms with Gasteiger partial charge in [0.15, 0.2) is 23.1 Å². The van der Waals surface area contributed by atoms with E-state index in [9.17, 15) is 19.2 Å². The molecule has 0 aliphatic carbocycles. The summed E-state index contributed by atoms with van der Waals surface area (Å²) >= 11 is 0. The van der Waals surface area contributed by atoms with Crippen LogP contribution in [-0.2, 0) is 9.59 Å². The molecule has 2 atom stereocenters. The summed E-state index contributed by atoms with van der Waals surface area (Å²) in [5, 5.41) is 0. The van der Waals surface area contributed by atoms with Crippen molar-refractivity contribution in [2.75, 3.05) is 7.05 Å². The van der Waals surface area contributed by atoms with Crippen LogP contribution in [0.1, 0.15) is 34.6 Å². The van der Waals surface area contributed by atoms with Crippen molar-refractivity contribution in [3.05, 3.63) is 71.8 Å². The Kier molecular flexibility index (Phi) is 6.31. The molecule has 0 aliphatic rings. The Bertz CT molecular complexity index is 745. The van der Waals surface area contributed by atoms with Crippen LogP contribution in [0.15, 0.2) is 60.7 Å². The molecule has 0 bridgehead atoms. The average Bonchev–Trinajstić information content (AvgIpc) is 2.62. The van der Waals surface area contributed by atoms with Gasteiger partial charge in [0.2, 0.25) is 0 Å². The monoisotopic (exact) mass is 351 g/mol. The van der Waals surface area contributed by atoms with Crippen LogP contribution in [0.3, 0.4) is 0 Å². The predicted molar refractivity (Wildman–Crippen MR) is 98.2 cm³/mol. The molecule has 5 heteroatoms. The number of Topliss-reactive ketones (excluding diaryl/α,β-unsaturated/α-hetero) is 4. The molecule has 2 aromatic rings. The standard InChI is InChI=1S/C21H21NO4/c1-14(23)18(20(25)16-10-6-4-7-11-16)22(3)19(15(2)24)21(26)17-12-8-5-9-13-17/h4-13,18-19H,1-3H3. The molecule has 2 aromatic carbocycles. The summed E-state index contributed by atoms with van der Waals surface area (Å²) in [5.74, 6) is -1.72. The zero-order valence-corrected chi connectivity index (χ0v) is 15.0. The third-order valence-electron chi connectivity index (χ3n) is 4.20. The van der Waals surface area contributed by atoms with Gasteiger partial charge in [-0.3, -0.25) is 24.1 Å². The van der Waals surface area contributed by atoms with Gasteiger partial charge in [0, 0.05) is 11.1 Å². The number of benzene rings is 2. The molecule has 0 spiro atoms. The molecule has 2 rings (SSSR count). The molecular weight excluding hydrogens is 330 g/mol. The second-order valence-electron chi connectivity index (χ2n) is 6.15. The Morgan fingerprint density at radius 3 is 1.23 bits per heavy atom. The van der Waals surface area contributed by atoms with E-state index in [0.29, 0.717) is 11.1 Å². The van der Waals surface area contributed by atoms with Gasteiger partial charge in [-0.1, -0.05) is 60.7 Å². The molecular formula is C21H21NO4. The summed E-state index contributed by atoms with van der Waals surface area (Å²) in [7, 11) is 1.46. The van der Waals surface area contributed by atoms with E-state index < -0.39 is 35.2 Å². The number of carbonyl (C=O) groups excluding carboxylic acids is 4. The molecule has 0 heterocycles. The number of likely N-dealkylation sites (N-methyl/N-ethyl adjacent to an activating group) is 1. The Balaban J connectivity index is 2.40. The molecule has 0 fully saturated rings. The second-order valence-corrected chi connectivity index (χ2v) is 6.15. The lowest BCUT2D eigenvalue weighted by atomic mass is 9.94. The number of rotatable bonds is 8. The van der Waals surface area contributed by atoms with Crippen LogP contribution >= 0.6 is 0 Å². The first-order valence-corrected chi connectivity index (χ1v) is 8.26. The SMILES string of the molecule is CC(=O)C(C(=O)c1ccccc1)N(C)C(C(C)=O)C(=O)c1ccccc1. The lowest BCUT2D eigenvalue weighted by molar-refractivity contribution is -0.124. The van der Waals surface area contributed by atoms with Gasteiger partial charge in [0.05, 0.1) is 0 Å². The van der Waals surface area contributed by atoms with E-state index >= 15 is 0 Å². The lowest BCUT2D eigenvalue weighted by Gasteiger charge is -2.30. The average molecular weight is 351 g/mol. The lowest BCUT2D eigenvalue weighted by Crippen LogP contribution is -2.54. The molecule has 0 N–H and O–H groups in total. The van der Waals surface area contributed by atoms with Gasteiger partial charge in [-0.25, -0.2) is 0 Å². The van der Waals surface area contributed by atoms with E-state index in [1.54, 1.807) is 60.7 Å². The Labute approximate surface area is 152 Å². The van der Waals surface area contributed by atoms with Crippen molar-refractivity contribution < 1.29 is 19.2 Å². The van der Waals surface area contributed by atoms with Gasteiger partial charge < -0.3 is 0 Å². The minimum Gasteiger partial charge on any atom is -0.298 e. The van der Waals surface area contributed by atoms with Gasteiger partial charge in [0.25, 0.3) is 0 Å². The Morgan fingerprint density at radius 2 is 0.962 bits per heavy atom. The van der Waals surface area contributed by atoms with E-state index in [1.165, 1.54) is 25.8 Å². The summed E-state index contributed by atoms with van der Waals surface area (Å²) < 4.78 is 0. The highest BCUT2D eigenvalue weighted by atomic mass is 16.2. The van der Waals surface area contributed by atoms with E-state index in [2.05, 4.69) is 0 Å². The van der Waals surface area contributed by atoms with Crippen molar-refractivity contribution in [3.63, 3.8) is 0 Å². The molecule has 2 unspecified atom stereocenters. The minimum atomic E-state index is -1.21. The molecule has 0 amide bonds. The van der Waals surface area contributed by atoms with Crippen LogP contribution in [0.4, 0.5) is 0 Å². The second kappa shape index (κ2) is 8.45. The molecule has 134 valence electrons. The molecule has 0 saturated carbocycles. The topological polar surface area (TPSA) is 71.5 Å². The van der Waals surface area contributed by atoms with E-state index in [4.69, 9.17) is 0 Å². The number of hydrogen-bond donors (Lipinski definition) is 0. The molecule has 5 nitrogen and oxygen atoms in total. The highest BCUT2D eigenvalue weighted by molar-refractivity contribution is 6.17. The van der Waals surface area contributed by atoms with Crippen molar-refractivity contribution in [1.82, 2.24) is 4.90 Å². The largest absolute Gasteiger partial charge is 0.298 e. The summed E-state index contributed by atoms with van der Waals surface area (Å²) in [4.78, 5) is 51.3. The highest BCUT2D eigenvalue weighted by Gasteiger charge is 2.38. The first kappa shape index (κ1) is 19.4. The van der Waals surface area contributed by atoms with Gasteiger partial charge in [-0.15, -0.1) is 0 Å². The third-order valence-corrected chi connectivity index (χ3v) is 4.20. The van der Waals surface area contributed by atoms with Crippen LogP contribution in [0.25, 0.3) is 0 Å². The smallest absolute Gasteiger partial charge is 0.187 e. The molecule has 0 aromatic heterocycles. The van der Waals surface area contributed by atoms with Crippen molar-refractivity contribution in [1.29, 1.82) is 0 Å². The van der Waals surface area contributed by atoms with Crippen molar-refractivity contribution >= 4 is 23.1 Å². The first-order chi connectivity index (χ1) is 12.3.